The maximum atomic E-state index is 10.1. The van der Waals surface area contributed by atoms with Crippen LogP contribution in [-0.4, -0.2) is 73.4 Å². The Labute approximate surface area is 99.6 Å². The molecule has 1 heterocycles. The number of nitrogens with zero attached hydrogens (tertiary/aromatic N) is 2. The molecule has 1 rings (SSSR count). The summed E-state index contributed by atoms with van der Waals surface area (Å²) >= 11 is 0. The van der Waals surface area contributed by atoms with E-state index in [1.807, 2.05) is 6.92 Å². The van der Waals surface area contributed by atoms with Crippen molar-refractivity contribution < 1.29 is 5.11 Å². The molecule has 1 aliphatic heterocycles. The van der Waals surface area contributed by atoms with E-state index < -0.39 is 5.60 Å². The highest BCUT2D eigenvalue weighted by molar-refractivity contribution is 4.86. The fraction of sp³-hybridized carbons (Fsp3) is 1.00. The van der Waals surface area contributed by atoms with Crippen LogP contribution in [0.15, 0.2) is 0 Å². The molecule has 2 unspecified atom stereocenters. The van der Waals surface area contributed by atoms with Crippen molar-refractivity contribution in [3.8, 4) is 0 Å². The van der Waals surface area contributed by atoms with Gasteiger partial charge in [-0.2, -0.15) is 0 Å². The molecule has 1 fully saturated rings. The molecule has 0 aromatic heterocycles. The zero-order chi connectivity index (χ0) is 12.2. The average molecular weight is 229 g/mol. The summed E-state index contributed by atoms with van der Waals surface area (Å²) in [6.07, 6.45) is 1.16. The molecule has 4 heteroatoms. The normalized spacial score (nSPS) is 33.0. The van der Waals surface area contributed by atoms with Crippen LogP contribution >= 0.6 is 0 Å². The number of hydrogen-bond donors (Lipinski definition) is 2. The molecule has 0 bridgehead atoms. The highest BCUT2D eigenvalue weighted by Crippen LogP contribution is 2.11. The van der Waals surface area contributed by atoms with Crippen molar-refractivity contribution in [3.63, 3.8) is 0 Å². The molecule has 0 aromatic rings. The van der Waals surface area contributed by atoms with Gasteiger partial charge < -0.3 is 15.3 Å². The van der Waals surface area contributed by atoms with Gasteiger partial charge >= 0.3 is 0 Å². The van der Waals surface area contributed by atoms with E-state index in [0.29, 0.717) is 12.6 Å². The van der Waals surface area contributed by atoms with Crippen molar-refractivity contribution in [2.45, 2.75) is 31.9 Å². The molecule has 0 saturated carbocycles. The van der Waals surface area contributed by atoms with Crippen LogP contribution in [-0.2, 0) is 0 Å². The van der Waals surface area contributed by atoms with Gasteiger partial charge in [-0.1, -0.05) is 0 Å². The van der Waals surface area contributed by atoms with E-state index in [9.17, 15) is 5.11 Å². The highest BCUT2D eigenvalue weighted by atomic mass is 16.3. The zero-order valence-electron chi connectivity index (χ0n) is 11.2. The van der Waals surface area contributed by atoms with Gasteiger partial charge in [0.1, 0.15) is 0 Å². The Hall–Kier alpha value is -0.160. The second-order valence-electron chi connectivity index (χ2n) is 5.67. The lowest BCUT2D eigenvalue weighted by Gasteiger charge is -2.28. The molecular formula is C12H27N3O. The van der Waals surface area contributed by atoms with Crippen LogP contribution in [0.2, 0.25) is 0 Å². The zero-order valence-corrected chi connectivity index (χ0v) is 11.2. The minimum atomic E-state index is -0.594. The van der Waals surface area contributed by atoms with Crippen molar-refractivity contribution in [1.82, 2.24) is 15.1 Å². The Morgan fingerprint density at radius 3 is 2.81 bits per heavy atom. The summed E-state index contributed by atoms with van der Waals surface area (Å²) in [5.41, 5.74) is -0.594. The van der Waals surface area contributed by atoms with Gasteiger partial charge in [0.25, 0.3) is 0 Å². The lowest BCUT2D eigenvalue weighted by atomic mass is 10.1. The molecule has 2 atom stereocenters. The number of nitrogens with one attached hydrogen (secondary N) is 1. The number of aliphatic hydroxyl groups is 1. The fourth-order valence-electron chi connectivity index (χ4n) is 2.23. The topological polar surface area (TPSA) is 38.7 Å². The number of hydrogen-bond acceptors (Lipinski definition) is 4. The van der Waals surface area contributed by atoms with Gasteiger partial charge in [-0.05, 0) is 47.5 Å². The van der Waals surface area contributed by atoms with Gasteiger partial charge in [0.2, 0.25) is 0 Å². The summed E-state index contributed by atoms with van der Waals surface area (Å²) in [6, 6.07) is 0.466. The second kappa shape index (κ2) is 5.96. The van der Waals surface area contributed by atoms with E-state index in [2.05, 4.69) is 36.1 Å². The molecule has 96 valence electrons. The molecule has 0 amide bonds. The summed E-state index contributed by atoms with van der Waals surface area (Å²) in [4.78, 5) is 4.58. The molecule has 0 spiro atoms. The van der Waals surface area contributed by atoms with Gasteiger partial charge in [0.15, 0.2) is 0 Å². The first-order valence-corrected chi connectivity index (χ1v) is 6.22. The summed E-state index contributed by atoms with van der Waals surface area (Å²) in [5, 5.41) is 13.5. The van der Waals surface area contributed by atoms with Crippen molar-refractivity contribution in [2.75, 3.05) is 46.8 Å². The average Bonchev–Trinajstić information content (AvgIpc) is 2.25. The first kappa shape index (κ1) is 13.9. The third-order valence-electron chi connectivity index (χ3n) is 3.01. The van der Waals surface area contributed by atoms with Crippen LogP contribution in [0, 0.1) is 0 Å². The Morgan fingerprint density at radius 2 is 2.19 bits per heavy atom. The van der Waals surface area contributed by atoms with E-state index in [1.165, 1.54) is 0 Å². The molecular weight excluding hydrogens is 202 g/mol. The molecule has 1 aliphatic rings. The lowest BCUT2D eigenvalue weighted by Crippen LogP contribution is -2.43. The van der Waals surface area contributed by atoms with Crippen LogP contribution in [0.25, 0.3) is 0 Å². The van der Waals surface area contributed by atoms with E-state index in [4.69, 9.17) is 0 Å². The summed E-state index contributed by atoms with van der Waals surface area (Å²) in [7, 11) is 4.20. The van der Waals surface area contributed by atoms with Crippen molar-refractivity contribution in [3.05, 3.63) is 0 Å². The van der Waals surface area contributed by atoms with Gasteiger partial charge in [0, 0.05) is 25.7 Å². The Balaban J connectivity index is 2.38. The molecule has 0 aliphatic carbocycles. The van der Waals surface area contributed by atoms with Gasteiger partial charge in [-0.3, -0.25) is 4.90 Å². The highest BCUT2D eigenvalue weighted by Gasteiger charge is 2.28. The second-order valence-corrected chi connectivity index (χ2v) is 5.67. The first-order chi connectivity index (χ1) is 7.39. The van der Waals surface area contributed by atoms with Crippen LogP contribution in [0.5, 0.6) is 0 Å². The standard InChI is InChI=1S/C12H27N3O/c1-11-8-15(7-5-6-14(3)4)10-12(2,16)9-13-11/h11,13,16H,5-10H2,1-4H3. The quantitative estimate of drug-likeness (QED) is 0.711. The molecule has 16 heavy (non-hydrogen) atoms. The lowest BCUT2D eigenvalue weighted by molar-refractivity contribution is 0.0336. The fourth-order valence-corrected chi connectivity index (χ4v) is 2.23. The number of β-amino-alcohol motifs (C(OH)–C–C–N with tert-alkyl or cyclic N) is 1. The maximum Gasteiger partial charge on any atom is 0.0869 e. The summed E-state index contributed by atoms with van der Waals surface area (Å²) < 4.78 is 0. The predicted molar refractivity (Wildman–Crippen MR) is 67.7 cm³/mol. The largest absolute Gasteiger partial charge is 0.388 e. The van der Waals surface area contributed by atoms with E-state index in [0.717, 1.165) is 32.6 Å². The van der Waals surface area contributed by atoms with Crippen molar-refractivity contribution in [1.29, 1.82) is 0 Å². The summed E-state index contributed by atoms with van der Waals surface area (Å²) in [6.45, 7) is 8.78. The van der Waals surface area contributed by atoms with Gasteiger partial charge in [-0.25, -0.2) is 0 Å². The van der Waals surface area contributed by atoms with Gasteiger partial charge in [-0.15, -0.1) is 0 Å². The Kier molecular flexibility index (Phi) is 5.18. The van der Waals surface area contributed by atoms with Crippen LogP contribution in [0.3, 0.4) is 0 Å². The van der Waals surface area contributed by atoms with Crippen molar-refractivity contribution in [2.24, 2.45) is 0 Å². The van der Waals surface area contributed by atoms with Crippen LogP contribution in [0.1, 0.15) is 20.3 Å². The van der Waals surface area contributed by atoms with Crippen LogP contribution < -0.4 is 5.32 Å². The Morgan fingerprint density at radius 1 is 1.50 bits per heavy atom. The molecule has 2 N–H and O–H groups in total. The molecule has 4 nitrogen and oxygen atoms in total. The third-order valence-corrected chi connectivity index (χ3v) is 3.01. The molecule has 0 radical (unpaired) electrons. The SMILES string of the molecule is CC1CN(CCCN(C)C)CC(C)(O)CN1. The minimum absolute atomic E-state index is 0.466. The van der Waals surface area contributed by atoms with E-state index in [-0.39, 0.29) is 0 Å². The molecule has 1 saturated heterocycles. The number of rotatable bonds is 4. The van der Waals surface area contributed by atoms with Crippen LogP contribution in [0.4, 0.5) is 0 Å². The van der Waals surface area contributed by atoms with E-state index in [1.54, 1.807) is 0 Å². The summed E-state index contributed by atoms with van der Waals surface area (Å²) in [5.74, 6) is 0. The molecule has 0 aromatic carbocycles. The smallest absolute Gasteiger partial charge is 0.0869 e. The minimum Gasteiger partial charge on any atom is -0.388 e. The monoisotopic (exact) mass is 229 g/mol. The Bertz CT molecular complexity index is 206. The van der Waals surface area contributed by atoms with Crippen molar-refractivity contribution >= 4 is 0 Å². The maximum absolute atomic E-state index is 10.1. The first-order valence-electron chi connectivity index (χ1n) is 6.22. The van der Waals surface area contributed by atoms with E-state index >= 15 is 0 Å². The predicted octanol–water partition coefficient (Wildman–Crippen LogP) is -0.0172. The third kappa shape index (κ3) is 5.25. The van der Waals surface area contributed by atoms with Gasteiger partial charge in [0.05, 0.1) is 5.60 Å².